The summed E-state index contributed by atoms with van der Waals surface area (Å²) < 4.78 is 15.0. The Morgan fingerprint density at radius 1 is 0.900 bits per heavy atom. The summed E-state index contributed by atoms with van der Waals surface area (Å²) >= 11 is 0. The number of hydrogen-bond acceptors (Lipinski definition) is 3. The average molecular weight is 396 g/mol. The minimum absolute atomic E-state index is 0.225. The van der Waals surface area contributed by atoms with Crippen LogP contribution in [0.4, 0.5) is 0 Å². The molecule has 2 atom stereocenters. The topological polar surface area (TPSA) is 36.3 Å². The third kappa shape index (κ3) is 2.39. The van der Waals surface area contributed by atoms with E-state index < -0.39 is 0 Å². The van der Waals surface area contributed by atoms with Crippen molar-refractivity contribution in [2.75, 3.05) is 0 Å². The highest BCUT2D eigenvalue weighted by atomic mass is 16.7. The molecule has 2 aliphatic heterocycles. The Bertz CT molecular complexity index is 1220. The molecule has 6 rings (SSSR count). The van der Waals surface area contributed by atoms with Gasteiger partial charge in [0.1, 0.15) is 5.82 Å². The van der Waals surface area contributed by atoms with Crippen molar-refractivity contribution in [3.8, 4) is 5.69 Å². The number of fused-ring (bicyclic) bond motifs is 8. The summed E-state index contributed by atoms with van der Waals surface area (Å²) in [4.78, 5) is 5.00. The van der Waals surface area contributed by atoms with Gasteiger partial charge in [-0.1, -0.05) is 48.6 Å². The molecule has 1 aliphatic carbocycles. The van der Waals surface area contributed by atoms with Crippen molar-refractivity contribution in [3.05, 3.63) is 78.2 Å². The van der Waals surface area contributed by atoms with Gasteiger partial charge in [0.05, 0.1) is 27.9 Å². The number of para-hydroxylation sites is 2. The second-order valence-corrected chi connectivity index (χ2v) is 9.52. The van der Waals surface area contributed by atoms with E-state index in [2.05, 4.69) is 99.0 Å². The fourth-order valence-electron chi connectivity index (χ4n) is 4.84. The van der Waals surface area contributed by atoms with Crippen LogP contribution in [0.25, 0.3) is 16.7 Å². The highest BCUT2D eigenvalue weighted by molar-refractivity contribution is 6.62. The van der Waals surface area contributed by atoms with Gasteiger partial charge in [0.2, 0.25) is 0 Å². The lowest BCUT2D eigenvalue weighted by Gasteiger charge is -2.33. The minimum Gasteiger partial charge on any atom is -0.399 e. The van der Waals surface area contributed by atoms with Gasteiger partial charge in [-0.05, 0) is 56.9 Å². The van der Waals surface area contributed by atoms with Gasteiger partial charge >= 0.3 is 7.12 Å². The van der Waals surface area contributed by atoms with Crippen molar-refractivity contribution < 1.29 is 9.31 Å². The summed E-state index contributed by atoms with van der Waals surface area (Å²) in [5.74, 6) is 1.60. The number of benzene rings is 2. The zero-order chi connectivity index (χ0) is 20.7. The summed E-state index contributed by atoms with van der Waals surface area (Å²) in [5, 5.41) is 0. The van der Waals surface area contributed by atoms with Gasteiger partial charge in [0, 0.05) is 11.8 Å². The molecular weight excluding hydrogens is 371 g/mol. The first kappa shape index (κ1) is 18.2. The van der Waals surface area contributed by atoms with Gasteiger partial charge in [-0.2, -0.15) is 0 Å². The van der Waals surface area contributed by atoms with Gasteiger partial charge in [-0.3, -0.25) is 4.57 Å². The molecule has 0 spiro atoms. The highest BCUT2D eigenvalue weighted by Crippen LogP contribution is 2.46. The van der Waals surface area contributed by atoms with Crippen molar-refractivity contribution in [2.45, 2.75) is 50.7 Å². The maximum Gasteiger partial charge on any atom is 0.494 e. The molecule has 0 saturated carbocycles. The summed E-state index contributed by atoms with van der Waals surface area (Å²) in [6, 6.07) is 15.0. The van der Waals surface area contributed by atoms with Crippen LogP contribution < -0.4 is 5.46 Å². The molecule has 1 saturated heterocycles. The maximum atomic E-state index is 6.33. The Balaban J connectivity index is 1.53. The van der Waals surface area contributed by atoms with Crippen molar-refractivity contribution in [3.63, 3.8) is 0 Å². The average Bonchev–Trinajstić information content (AvgIpc) is 3.22. The zero-order valence-electron chi connectivity index (χ0n) is 17.8. The van der Waals surface area contributed by atoms with Crippen molar-refractivity contribution in [1.29, 1.82) is 0 Å². The molecule has 0 amide bonds. The molecule has 0 N–H and O–H groups in total. The molecule has 4 nitrogen and oxygen atoms in total. The van der Waals surface area contributed by atoms with Crippen LogP contribution in [0.2, 0.25) is 0 Å². The molecule has 1 fully saturated rings. The summed E-state index contributed by atoms with van der Waals surface area (Å²) in [7, 11) is -0.359. The molecule has 2 aromatic carbocycles. The second-order valence-electron chi connectivity index (χ2n) is 9.52. The first-order valence-electron chi connectivity index (χ1n) is 10.7. The van der Waals surface area contributed by atoms with Crippen LogP contribution in [0, 0.1) is 0 Å². The van der Waals surface area contributed by atoms with E-state index in [1.54, 1.807) is 0 Å². The molecular formula is C25H25BN2O2. The van der Waals surface area contributed by atoms with E-state index in [1.807, 2.05) is 0 Å². The molecule has 30 heavy (non-hydrogen) atoms. The highest BCUT2D eigenvalue weighted by Gasteiger charge is 2.52. The van der Waals surface area contributed by atoms with Gasteiger partial charge in [-0.25, -0.2) is 4.98 Å². The van der Waals surface area contributed by atoms with E-state index in [0.717, 1.165) is 22.3 Å². The molecule has 3 aromatic rings. The molecule has 1 aromatic heterocycles. The number of rotatable bonds is 1. The normalized spacial score (nSPS) is 25.3. The maximum absolute atomic E-state index is 6.33. The Hall–Kier alpha value is -2.63. The Labute approximate surface area is 177 Å². The molecule has 1 unspecified atom stereocenters. The zero-order valence-corrected chi connectivity index (χ0v) is 17.8. The molecule has 3 heterocycles. The van der Waals surface area contributed by atoms with E-state index >= 15 is 0 Å². The lowest BCUT2D eigenvalue weighted by atomic mass is 9.73. The molecule has 3 aliphatic rings. The summed E-state index contributed by atoms with van der Waals surface area (Å²) in [6.07, 6.45) is 8.84. The molecule has 0 bridgehead atoms. The van der Waals surface area contributed by atoms with Crippen LogP contribution in [-0.2, 0) is 9.31 Å². The monoisotopic (exact) mass is 396 g/mol. The lowest BCUT2D eigenvalue weighted by Crippen LogP contribution is -2.41. The predicted octanol–water partition coefficient (Wildman–Crippen LogP) is 4.63. The van der Waals surface area contributed by atoms with Crippen molar-refractivity contribution in [2.24, 2.45) is 0 Å². The smallest absolute Gasteiger partial charge is 0.399 e. The minimum atomic E-state index is -0.359. The van der Waals surface area contributed by atoms with E-state index in [1.165, 1.54) is 11.3 Å². The van der Waals surface area contributed by atoms with Crippen LogP contribution >= 0.6 is 0 Å². The van der Waals surface area contributed by atoms with Gasteiger partial charge < -0.3 is 9.31 Å². The fourth-order valence-corrected chi connectivity index (χ4v) is 4.84. The van der Waals surface area contributed by atoms with Crippen LogP contribution in [0.3, 0.4) is 0 Å². The largest absolute Gasteiger partial charge is 0.494 e. The molecule has 0 radical (unpaired) electrons. The van der Waals surface area contributed by atoms with Crippen LogP contribution in [0.5, 0.6) is 0 Å². The SMILES string of the molecule is CC1(C)OB(c2ccc3c(c2)[C@H]2C=CC=CC2c2nc4ccccc4n2-3)OC1(C)C. The third-order valence-electron chi connectivity index (χ3n) is 7.20. The van der Waals surface area contributed by atoms with Crippen molar-refractivity contribution in [1.82, 2.24) is 9.55 Å². The first-order valence-corrected chi connectivity index (χ1v) is 10.7. The number of hydrogen-bond donors (Lipinski definition) is 0. The third-order valence-corrected chi connectivity index (χ3v) is 7.20. The second kappa shape index (κ2) is 5.96. The van der Waals surface area contributed by atoms with Crippen LogP contribution in [0.1, 0.15) is 50.9 Å². The number of aromatic nitrogens is 2. The molecule has 150 valence electrons. The quantitative estimate of drug-likeness (QED) is 0.563. The van der Waals surface area contributed by atoms with Crippen LogP contribution in [-0.4, -0.2) is 27.9 Å². The summed E-state index contributed by atoms with van der Waals surface area (Å²) in [5.41, 5.74) is 5.05. The first-order chi connectivity index (χ1) is 14.4. The van der Waals surface area contributed by atoms with Gasteiger partial charge in [-0.15, -0.1) is 0 Å². The number of allylic oxidation sites excluding steroid dienone is 4. The Morgan fingerprint density at radius 3 is 2.37 bits per heavy atom. The number of imidazole rings is 1. The fraction of sp³-hybridized carbons (Fsp3) is 0.320. The Morgan fingerprint density at radius 2 is 1.60 bits per heavy atom. The van der Waals surface area contributed by atoms with E-state index in [-0.39, 0.29) is 30.2 Å². The van der Waals surface area contributed by atoms with Gasteiger partial charge in [0.15, 0.2) is 0 Å². The number of nitrogens with zero attached hydrogens (tertiary/aromatic N) is 2. The standard InChI is InChI=1S/C25H25BN2O2/c1-24(2)25(3,4)30-26(29-24)16-13-14-21-19(15-16)17-9-5-6-10-18(17)23-27-20-11-7-8-12-22(20)28(21)23/h5-15,17-18H,1-4H3/t17-,18?/m0/s1. The Kier molecular flexibility index (Phi) is 3.61. The van der Waals surface area contributed by atoms with Gasteiger partial charge in [0.25, 0.3) is 0 Å². The lowest BCUT2D eigenvalue weighted by molar-refractivity contribution is 0.00578. The van der Waals surface area contributed by atoms with Crippen molar-refractivity contribution >= 4 is 23.6 Å². The predicted molar refractivity (Wildman–Crippen MR) is 121 cm³/mol. The van der Waals surface area contributed by atoms with E-state index in [4.69, 9.17) is 14.3 Å². The van der Waals surface area contributed by atoms with E-state index in [9.17, 15) is 0 Å². The van der Waals surface area contributed by atoms with Crippen LogP contribution in [0.15, 0.2) is 66.8 Å². The van der Waals surface area contributed by atoms with E-state index in [0.29, 0.717) is 0 Å². The summed E-state index contributed by atoms with van der Waals surface area (Å²) in [6.45, 7) is 8.39. The molecule has 5 heteroatoms.